The van der Waals surface area contributed by atoms with Gasteiger partial charge in [-0.05, 0) is 34.9 Å². The zero-order chi connectivity index (χ0) is 12.3. The van der Waals surface area contributed by atoms with Crippen molar-refractivity contribution in [2.75, 3.05) is 0 Å². The minimum atomic E-state index is -0.198. The third-order valence-corrected chi connectivity index (χ3v) is 2.80. The van der Waals surface area contributed by atoms with E-state index in [1.807, 2.05) is 18.2 Å². The fraction of sp³-hybridized carbons (Fsp3) is 0.267. The molecule has 2 nitrogen and oxygen atoms in total. The number of hydrogen-bond donors (Lipinski definition) is 0. The van der Waals surface area contributed by atoms with Crippen molar-refractivity contribution >= 4 is 16.7 Å². The summed E-state index contributed by atoms with van der Waals surface area (Å²) in [6.45, 7) is 3.92. The molecular weight excluding hydrogens is 212 g/mol. The van der Waals surface area contributed by atoms with E-state index in [2.05, 4.69) is 25.1 Å². The van der Waals surface area contributed by atoms with Crippen molar-refractivity contribution in [3.8, 4) is 5.75 Å². The summed E-state index contributed by atoms with van der Waals surface area (Å²) in [5, 5.41) is 2.28. The Balaban J connectivity index is 2.37. The molecule has 0 spiro atoms. The molecule has 17 heavy (non-hydrogen) atoms. The first-order valence-electron chi connectivity index (χ1n) is 5.96. The van der Waals surface area contributed by atoms with Gasteiger partial charge in [0.05, 0.1) is 0 Å². The Labute approximate surface area is 101 Å². The highest BCUT2D eigenvalue weighted by atomic mass is 16.5. The Hall–Kier alpha value is -1.83. The largest absolute Gasteiger partial charge is 0.427 e. The van der Waals surface area contributed by atoms with E-state index < -0.39 is 0 Å². The van der Waals surface area contributed by atoms with E-state index >= 15 is 0 Å². The van der Waals surface area contributed by atoms with Crippen LogP contribution in [-0.2, 0) is 11.2 Å². The van der Waals surface area contributed by atoms with E-state index in [4.69, 9.17) is 4.74 Å². The molecule has 0 radical (unpaired) electrons. The molecule has 2 aromatic carbocycles. The van der Waals surface area contributed by atoms with Crippen molar-refractivity contribution in [3.05, 3.63) is 42.0 Å². The number of fused-ring (bicyclic) bond motifs is 1. The van der Waals surface area contributed by atoms with E-state index in [-0.39, 0.29) is 5.97 Å². The number of carbonyl (C=O) groups excluding carboxylic acids is 1. The molecule has 2 rings (SSSR count). The predicted molar refractivity (Wildman–Crippen MR) is 69.3 cm³/mol. The highest BCUT2D eigenvalue weighted by Gasteiger charge is 2.03. The third-order valence-electron chi connectivity index (χ3n) is 2.80. The molecule has 0 aliphatic carbocycles. The van der Waals surface area contributed by atoms with Gasteiger partial charge in [-0.3, -0.25) is 4.79 Å². The lowest BCUT2D eigenvalue weighted by Gasteiger charge is -2.05. The molecule has 0 atom stereocenters. The molecule has 0 aliphatic heterocycles. The second kappa shape index (κ2) is 5.00. The van der Waals surface area contributed by atoms with Crippen molar-refractivity contribution in [1.82, 2.24) is 0 Å². The van der Waals surface area contributed by atoms with E-state index in [1.54, 1.807) is 6.92 Å². The molecule has 0 heterocycles. The van der Waals surface area contributed by atoms with Crippen LogP contribution in [0.5, 0.6) is 5.75 Å². The molecule has 0 amide bonds. The molecule has 0 unspecified atom stereocenters. The molecule has 0 fully saturated rings. The van der Waals surface area contributed by atoms with Gasteiger partial charge in [-0.1, -0.05) is 38.1 Å². The predicted octanol–water partition coefficient (Wildman–Crippen LogP) is 3.72. The topological polar surface area (TPSA) is 26.3 Å². The highest BCUT2D eigenvalue weighted by molar-refractivity contribution is 5.85. The maximum atomic E-state index is 11.2. The van der Waals surface area contributed by atoms with Crippen LogP contribution in [0.25, 0.3) is 10.8 Å². The SMILES string of the molecule is CCC(=O)Oc1ccc2ccc(CC)cc2c1. The quantitative estimate of drug-likeness (QED) is 0.591. The van der Waals surface area contributed by atoms with Gasteiger partial charge in [-0.2, -0.15) is 0 Å². The van der Waals surface area contributed by atoms with Gasteiger partial charge >= 0.3 is 5.97 Å². The van der Waals surface area contributed by atoms with Crippen LogP contribution in [0.4, 0.5) is 0 Å². The lowest BCUT2D eigenvalue weighted by molar-refractivity contribution is -0.134. The van der Waals surface area contributed by atoms with Crippen LogP contribution in [-0.4, -0.2) is 5.97 Å². The minimum Gasteiger partial charge on any atom is -0.427 e. The number of hydrogen-bond acceptors (Lipinski definition) is 2. The van der Waals surface area contributed by atoms with Crippen molar-refractivity contribution in [3.63, 3.8) is 0 Å². The Kier molecular flexibility index (Phi) is 3.43. The average molecular weight is 228 g/mol. The maximum absolute atomic E-state index is 11.2. The van der Waals surface area contributed by atoms with Crippen LogP contribution >= 0.6 is 0 Å². The van der Waals surface area contributed by atoms with Crippen LogP contribution in [0.2, 0.25) is 0 Å². The number of carbonyl (C=O) groups is 1. The highest BCUT2D eigenvalue weighted by Crippen LogP contribution is 2.22. The van der Waals surface area contributed by atoms with Gasteiger partial charge in [0.25, 0.3) is 0 Å². The van der Waals surface area contributed by atoms with Crippen LogP contribution in [0.15, 0.2) is 36.4 Å². The zero-order valence-corrected chi connectivity index (χ0v) is 10.2. The third kappa shape index (κ3) is 2.64. The maximum Gasteiger partial charge on any atom is 0.310 e. The van der Waals surface area contributed by atoms with Crippen LogP contribution in [0.3, 0.4) is 0 Å². The van der Waals surface area contributed by atoms with Crippen LogP contribution in [0, 0.1) is 0 Å². The lowest BCUT2D eigenvalue weighted by atomic mass is 10.1. The summed E-state index contributed by atoms with van der Waals surface area (Å²) >= 11 is 0. The van der Waals surface area contributed by atoms with Gasteiger partial charge in [-0.15, -0.1) is 0 Å². The number of aryl methyl sites for hydroxylation is 1. The second-order valence-electron chi connectivity index (χ2n) is 4.02. The van der Waals surface area contributed by atoms with Gasteiger partial charge in [-0.25, -0.2) is 0 Å². The van der Waals surface area contributed by atoms with Crippen LogP contribution in [0.1, 0.15) is 25.8 Å². The summed E-state index contributed by atoms with van der Waals surface area (Å²) in [5.74, 6) is 0.425. The first kappa shape index (κ1) is 11.6. The molecule has 0 bridgehead atoms. The molecule has 0 N–H and O–H groups in total. The molecule has 0 saturated heterocycles. The number of rotatable bonds is 3. The van der Waals surface area contributed by atoms with E-state index in [1.165, 1.54) is 10.9 Å². The van der Waals surface area contributed by atoms with Crippen molar-refractivity contribution in [1.29, 1.82) is 0 Å². The summed E-state index contributed by atoms with van der Waals surface area (Å²) in [6.07, 6.45) is 1.40. The first-order valence-corrected chi connectivity index (χ1v) is 5.96. The van der Waals surface area contributed by atoms with Gasteiger partial charge in [0.15, 0.2) is 0 Å². The van der Waals surface area contributed by atoms with E-state index in [9.17, 15) is 4.79 Å². The fourth-order valence-electron chi connectivity index (χ4n) is 1.76. The van der Waals surface area contributed by atoms with Gasteiger partial charge in [0.2, 0.25) is 0 Å². The molecular formula is C15H16O2. The van der Waals surface area contributed by atoms with E-state index in [0.29, 0.717) is 12.2 Å². The average Bonchev–Trinajstić information content (AvgIpc) is 2.37. The van der Waals surface area contributed by atoms with Crippen molar-refractivity contribution < 1.29 is 9.53 Å². The van der Waals surface area contributed by atoms with Gasteiger partial charge in [0, 0.05) is 6.42 Å². The van der Waals surface area contributed by atoms with Crippen molar-refractivity contribution in [2.45, 2.75) is 26.7 Å². The molecule has 0 aromatic heterocycles. The van der Waals surface area contributed by atoms with E-state index in [0.717, 1.165) is 11.8 Å². The summed E-state index contributed by atoms with van der Waals surface area (Å²) in [6, 6.07) is 12.1. The smallest absolute Gasteiger partial charge is 0.310 e. The fourth-order valence-corrected chi connectivity index (χ4v) is 1.76. The minimum absolute atomic E-state index is 0.198. The molecule has 2 heteroatoms. The number of esters is 1. The monoisotopic (exact) mass is 228 g/mol. The number of benzene rings is 2. The number of ether oxygens (including phenoxy) is 1. The standard InChI is InChI=1S/C15H16O2/c1-3-11-5-6-12-7-8-14(10-13(12)9-11)17-15(16)4-2/h5-10H,3-4H2,1-2H3. The lowest BCUT2D eigenvalue weighted by Crippen LogP contribution is -2.05. The van der Waals surface area contributed by atoms with Gasteiger partial charge < -0.3 is 4.74 Å². The van der Waals surface area contributed by atoms with Crippen LogP contribution < -0.4 is 4.74 Å². The van der Waals surface area contributed by atoms with Gasteiger partial charge in [0.1, 0.15) is 5.75 Å². The summed E-state index contributed by atoms with van der Waals surface area (Å²) in [4.78, 5) is 11.2. The summed E-state index contributed by atoms with van der Waals surface area (Å²) in [5.41, 5.74) is 1.29. The Morgan fingerprint density at radius 3 is 2.53 bits per heavy atom. The Bertz CT molecular complexity index is 544. The molecule has 0 saturated carbocycles. The Morgan fingerprint density at radius 2 is 1.82 bits per heavy atom. The Morgan fingerprint density at radius 1 is 1.06 bits per heavy atom. The normalized spacial score (nSPS) is 10.5. The zero-order valence-electron chi connectivity index (χ0n) is 10.2. The molecule has 0 aliphatic rings. The summed E-state index contributed by atoms with van der Waals surface area (Å²) in [7, 11) is 0. The molecule has 88 valence electrons. The molecule has 2 aromatic rings. The van der Waals surface area contributed by atoms with Crippen molar-refractivity contribution in [2.24, 2.45) is 0 Å². The second-order valence-corrected chi connectivity index (χ2v) is 4.02. The first-order chi connectivity index (χ1) is 8.22. The summed E-state index contributed by atoms with van der Waals surface area (Å²) < 4.78 is 5.21.